The number of rotatable bonds is 5. The Balaban J connectivity index is 1.26. The topological polar surface area (TPSA) is 88.1 Å². The Morgan fingerprint density at radius 1 is 1.23 bits per heavy atom. The van der Waals surface area contributed by atoms with Crippen LogP contribution in [-0.2, 0) is 4.79 Å². The van der Waals surface area contributed by atoms with Crippen molar-refractivity contribution in [3.63, 3.8) is 0 Å². The number of H-pyrrole nitrogens is 1. The number of carbonyl (C=O) groups is 1. The van der Waals surface area contributed by atoms with Crippen LogP contribution in [-0.4, -0.2) is 32.9 Å². The largest absolute Gasteiger partial charge is 0.492 e. The lowest BCUT2D eigenvalue weighted by Gasteiger charge is -2.58. The van der Waals surface area contributed by atoms with E-state index in [0.717, 1.165) is 36.4 Å². The molecule has 4 fully saturated rings. The minimum absolute atomic E-state index is 0.444. The highest BCUT2D eigenvalue weighted by Gasteiger charge is 2.58. The van der Waals surface area contributed by atoms with E-state index in [-0.39, 0.29) is 0 Å². The number of ether oxygens (including phenoxy) is 1. The first-order valence-corrected chi connectivity index (χ1v) is 9.45. The maximum Gasteiger partial charge on any atom is 0.309 e. The molecule has 4 saturated carbocycles. The van der Waals surface area contributed by atoms with Crippen LogP contribution in [0.15, 0.2) is 30.6 Å². The van der Waals surface area contributed by atoms with Crippen LogP contribution in [0.1, 0.15) is 32.1 Å². The number of carboxylic acids is 1. The summed E-state index contributed by atoms with van der Waals surface area (Å²) < 4.78 is 6.06. The zero-order valence-electron chi connectivity index (χ0n) is 14.6. The van der Waals surface area contributed by atoms with E-state index in [0.29, 0.717) is 30.3 Å². The number of aromatic amines is 1. The van der Waals surface area contributed by atoms with E-state index in [4.69, 9.17) is 4.74 Å². The number of aromatic nitrogens is 3. The minimum atomic E-state index is -0.574. The molecule has 0 aliphatic heterocycles. The number of nitrogens with one attached hydrogen (secondary N) is 1. The minimum Gasteiger partial charge on any atom is -0.492 e. The lowest BCUT2D eigenvalue weighted by Crippen LogP contribution is -2.55. The molecule has 0 aromatic carbocycles. The summed E-state index contributed by atoms with van der Waals surface area (Å²) >= 11 is 0. The van der Waals surface area contributed by atoms with Gasteiger partial charge in [-0.25, -0.2) is 0 Å². The Morgan fingerprint density at radius 3 is 2.65 bits per heavy atom. The molecule has 2 N–H and O–H groups in total. The summed E-state index contributed by atoms with van der Waals surface area (Å²) in [4.78, 5) is 16.3. The normalized spacial score (nSPS) is 34.8. The summed E-state index contributed by atoms with van der Waals surface area (Å²) in [5.41, 5.74) is 1.28. The van der Waals surface area contributed by atoms with Crippen LogP contribution in [0.4, 0.5) is 0 Å². The SMILES string of the molecule is O=C(O)[C@]12CC3C[C@H](C1)[C@H](COc1ccc(-c4ccn[nH]4)nc1)[C@@H](C3)C2. The molecule has 4 aliphatic carbocycles. The van der Waals surface area contributed by atoms with Gasteiger partial charge in [0.1, 0.15) is 5.75 Å². The van der Waals surface area contributed by atoms with Crippen LogP contribution in [0.2, 0.25) is 0 Å². The number of hydrogen-bond donors (Lipinski definition) is 2. The van der Waals surface area contributed by atoms with Gasteiger partial charge >= 0.3 is 5.97 Å². The van der Waals surface area contributed by atoms with Crippen molar-refractivity contribution < 1.29 is 14.6 Å². The second kappa shape index (κ2) is 5.83. The van der Waals surface area contributed by atoms with E-state index in [2.05, 4.69) is 15.2 Å². The molecule has 0 amide bonds. The predicted molar refractivity (Wildman–Crippen MR) is 94.4 cm³/mol. The Morgan fingerprint density at radius 2 is 2.04 bits per heavy atom. The summed E-state index contributed by atoms with van der Waals surface area (Å²) in [6.45, 7) is 0.669. The molecule has 26 heavy (non-hydrogen) atoms. The van der Waals surface area contributed by atoms with Crippen LogP contribution in [0.25, 0.3) is 11.4 Å². The van der Waals surface area contributed by atoms with Gasteiger partial charge in [-0.15, -0.1) is 0 Å². The second-order valence-corrected chi connectivity index (χ2v) is 8.38. The molecule has 6 rings (SSSR count). The van der Waals surface area contributed by atoms with E-state index in [9.17, 15) is 9.90 Å². The van der Waals surface area contributed by atoms with Crippen LogP contribution in [0.3, 0.4) is 0 Å². The van der Waals surface area contributed by atoms with E-state index < -0.39 is 11.4 Å². The Hall–Kier alpha value is -2.37. The fourth-order valence-corrected chi connectivity index (χ4v) is 5.88. The molecular formula is C20H23N3O3. The Labute approximate surface area is 152 Å². The summed E-state index contributed by atoms with van der Waals surface area (Å²) in [5.74, 6) is 2.27. The van der Waals surface area contributed by atoms with E-state index in [1.807, 2.05) is 18.2 Å². The van der Waals surface area contributed by atoms with Gasteiger partial charge in [0.25, 0.3) is 0 Å². The monoisotopic (exact) mass is 353 g/mol. The van der Waals surface area contributed by atoms with E-state index >= 15 is 0 Å². The zero-order valence-corrected chi connectivity index (χ0v) is 14.6. The summed E-state index contributed by atoms with van der Waals surface area (Å²) in [7, 11) is 0. The first kappa shape index (κ1) is 15.9. The summed E-state index contributed by atoms with van der Waals surface area (Å²) in [6, 6.07) is 5.76. The van der Waals surface area contributed by atoms with Crippen molar-refractivity contribution in [2.75, 3.05) is 6.61 Å². The zero-order chi connectivity index (χ0) is 17.7. The lowest BCUT2D eigenvalue weighted by molar-refractivity contribution is -0.172. The lowest BCUT2D eigenvalue weighted by atomic mass is 9.46. The number of aliphatic carboxylic acids is 1. The van der Waals surface area contributed by atoms with Gasteiger partial charge in [0.15, 0.2) is 0 Å². The molecule has 6 nitrogen and oxygen atoms in total. The van der Waals surface area contributed by atoms with E-state index in [1.54, 1.807) is 12.4 Å². The van der Waals surface area contributed by atoms with Crippen molar-refractivity contribution in [1.29, 1.82) is 0 Å². The number of nitrogens with zero attached hydrogens (tertiary/aromatic N) is 2. The van der Waals surface area contributed by atoms with Crippen molar-refractivity contribution in [3.8, 4) is 17.1 Å². The second-order valence-electron chi connectivity index (χ2n) is 8.38. The molecule has 2 aromatic heterocycles. The third-order valence-electron chi connectivity index (χ3n) is 6.88. The van der Waals surface area contributed by atoms with Crippen molar-refractivity contribution in [3.05, 3.63) is 30.6 Å². The van der Waals surface area contributed by atoms with E-state index in [1.165, 1.54) is 12.8 Å². The molecule has 5 atom stereocenters. The average molecular weight is 353 g/mol. The predicted octanol–water partition coefficient (Wildman–Crippen LogP) is 3.38. The highest BCUT2D eigenvalue weighted by molar-refractivity contribution is 5.75. The van der Waals surface area contributed by atoms with Crippen molar-refractivity contribution in [2.45, 2.75) is 32.1 Å². The first-order chi connectivity index (χ1) is 12.6. The molecule has 136 valence electrons. The average Bonchev–Trinajstić information content (AvgIpc) is 3.16. The molecular weight excluding hydrogens is 330 g/mol. The molecule has 6 heteroatoms. The highest BCUT2D eigenvalue weighted by Crippen LogP contribution is 2.62. The maximum atomic E-state index is 11.8. The van der Waals surface area contributed by atoms with Gasteiger partial charge in [0.05, 0.1) is 29.6 Å². The molecule has 1 unspecified atom stereocenters. The highest BCUT2D eigenvalue weighted by atomic mass is 16.5. The first-order valence-electron chi connectivity index (χ1n) is 9.45. The summed E-state index contributed by atoms with van der Waals surface area (Å²) in [5, 5.41) is 16.6. The van der Waals surface area contributed by atoms with Gasteiger partial charge in [-0.3, -0.25) is 14.9 Å². The van der Waals surface area contributed by atoms with Gasteiger partial charge in [-0.2, -0.15) is 5.10 Å². The van der Waals surface area contributed by atoms with Gasteiger partial charge in [-0.1, -0.05) is 0 Å². The summed E-state index contributed by atoms with van der Waals surface area (Å²) in [6.07, 6.45) is 8.37. The molecule has 0 radical (unpaired) electrons. The van der Waals surface area contributed by atoms with Crippen LogP contribution in [0.5, 0.6) is 5.75 Å². The number of pyridine rings is 1. The fraction of sp³-hybridized carbons (Fsp3) is 0.550. The fourth-order valence-electron chi connectivity index (χ4n) is 5.88. The Kier molecular flexibility index (Phi) is 3.55. The van der Waals surface area contributed by atoms with Gasteiger partial charge in [0, 0.05) is 6.20 Å². The quantitative estimate of drug-likeness (QED) is 0.860. The van der Waals surface area contributed by atoms with Crippen LogP contribution < -0.4 is 4.74 Å². The van der Waals surface area contributed by atoms with Crippen LogP contribution in [0, 0.1) is 29.1 Å². The van der Waals surface area contributed by atoms with Crippen molar-refractivity contribution >= 4 is 5.97 Å². The smallest absolute Gasteiger partial charge is 0.309 e. The van der Waals surface area contributed by atoms with Crippen molar-refractivity contribution in [2.24, 2.45) is 29.1 Å². The maximum absolute atomic E-state index is 11.8. The molecule has 4 aliphatic rings. The molecule has 2 aromatic rings. The molecule has 0 saturated heterocycles. The number of carboxylic acid groups (broad SMARTS) is 1. The van der Waals surface area contributed by atoms with Gasteiger partial charge in [0.2, 0.25) is 0 Å². The van der Waals surface area contributed by atoms with Crippen molar-refractivity contribution in [1.82, 2.24) is 15.2 Å². The van der Waals surface area contributed by atoms with Crippen LogP contribution >= 0.6 is 0 Å². The Bertz CT molecular complexity index is 786. The standard InChI is InChI=1S/C20H23N3O3/c24-19(25)20-7-12-5-13(8-20)16(14(6-12)9-20)11-26-15-1-2-17(21-10-15)18-3-4-22-23-18/h1-4,10,12-14,16H,5-9,11H2,(H,22,23)(H,24,25)/t12?,13-,14+,16+,20-. The molecule has 4 bridgehead atoms. The molecule has 0 spiro atoms. The van der Waals surface area contributed by atoms with Gasteiger partial charge < -0.3 is 9.84 Å². The third kappa shape index (κ3) is 2.50. The molecule has 2 heterocycles. The van der Waals surface area contributed by atoms with Gasteiger partial charge in [-0.05, 0) is 74.0 Å². The third-order valence-corrected chi connectivity index (χ3v) is 6.88. The number of hydrogen-bond acceptors (Lipinski definition) is 4.